The molecule has 1 aromatic heterocycles. The Kier molecular flexibility index (Phi) is 4.10. The van der Waals surface area contributed by atoms with E-state index >= 15 is 0 Å². The van der Waals surface area contributed by atoms with E-state index in [1.54, 1.807) is 0 Å². The molecule has 0 unspecified atom stereocenters. The van der Waals surface area contributed by atoms with Gasteiger partial charge in [-0.3, -0.25) is 4.68 Å². The molecule has 19 heavy (non-hydrogen) atoms. The molecular formula is C15H22N4. The van der Waals surface area contributed by atoms with Crippen LogP contribution in [0.3, 0.4) is 0 Å². The summed E-state index contributed by atoms with van der Waals surface area (Å²) >= 11 is 0. The van der Waals surface area contributed by atoms with Gasteiger partial charge in [-0.2, -0.15) is 5.10 Å². The third-order valence-electron chi connectivity index (χ3n) is 3.29. The Balaban J connectivity index is 2.18. The van der Waals surface area contributed by atoms with Crippen LogP contribution < -0.4 is 10.6 Å². The monoisotopic (exact) mass is 258 g/mol. The van der Waals surface area contributed by atoms with Crippen molar-refractivity contribution >= 4 is 11.4 Å². The van der Waals surface area contributed by atoms with Gasteiger partial charge in [-0.1, -0.05) is 13.0 Å². The van der Waals surface area contributed by atoms with E-state index < -0.39 is 0 Å². The second-order valence-electron chi connectivity index (χ2n) is 4.75. The molecule has 0 fully saturated rings. The SMILES string of the molecule is CCc1cc(CN(C)c2cccc(N)c2)n(CC)n1. The number of hydrogen-bond acceptors (Lipinski definition) is 3. The fourth-order valence-corrected chi connectivity index (χ4v) is 2.19. The van der Waals surface area contributed by atoms with Gasteiger partial charge in [0, 0.05) is 25.0 Å². The van der Waals surface area contributed by atoms with Crippen molar-refractivity contribution in [3.63, 3.8) is 0 Å². The molecule has 0 spiro atoms. The smallest absolute Gasteiger partial charge is 0.0625 e. The van der Waals surface area contributed by atoms with E-state index in [4.69, 9.17) is 5.73 Å². The second kappa shape index (κ2) is 5.78. The number of nitrogens with zero attached hydrogens (tertiary/aromatic N) is 3. The summed E-state index contributed by atoms with van der Waals surface area (Å²) in [6, 6.07) is 10.1. The maximum atomic E-state index is 5.83. The van der Waals surface area contributed by atoms with Crippen molar-refractivity contribution < 1.29 is 0 Å². The van der Waals surface area contributed by atoms with Crippen LogP contribution in [0.5, 0.6) is 0 Å². The van der Waals surface area contributed by atoms with Crippen molar-refractivity contribution in [1.29, 1.82) is 0 Å². The minimum absolute atomic E-state index is 0.794. The molecule has 0 saturated heterocycles. The van der Waals surface area contributed by atoms with Crippen LogP contribution in [0.1, 0.15) is 25.2 Å². The molecule has 0 aliphatic carbocycles. The zero-order chi connectivity index (χ0) is 13.8. The number of rotatable bonds is 5. The molecule has 2 N–H and O–H groups in total. The van der Waals surface area contributed by atoms with Crippen LogP contribution in [-0.4, -0.2) is 16.8 Å². The lowest BCUT2D eigenvalue weighted by Gasteiger charge is -2.20. The first-order chi connectivity index (χ1) is 9.13. The number of nitrogens with two attached hydrogens (primary N) is 1. The molecule has 4 heteroatoms. The molecule has 0 saturated carbocycles. The molecule has 1 aromatic carbocycles. The molecule has 0 atom stereocenters. The fourth-order valence-electron chi connectivity index (χ4n) is 2.19. The lowest BCUT2D eigenvalue weighted by Crippen LogP contribution is -2.19. The van der Waals surface area contributed by atoms with E-state index in [-0.39, 0.29) is 0 Å². The summed E-state index contributed by atoms with van der Waals surface area (Å²) < 4.78 is 2.07. The highest BCUT2D eigenvalue weighted by Crippen LogP contribution is 2.18. The Bertz CT molecular complexity index is 545. The number of aryl methyl sites for hydroxylation is 2. The maximum Gasteiger partial charge on any atom is 0.0625 e. The van der Waals surface area contributed by atoms with E-state index in [2.05, 4.69) is 47.7 Å². The number of hydrogen-bond donors (Lipinski definition) is 1. The van der Waals surface area contributed by atoms with Gasteiger partial charge in [0.05, 0.1) is 17.9 Å². The Labute approximate surface area is 114 Å². The minimum Gasteiger partial charge on any atom is -0.399 e. The standard InChI is InChI=1S/C15H22N4/c1-4-13-10-15(19(5-2)17-13)11-18(3)14-8-6-7-12(16)9-14/h6-10H,4-5,11,16H2,1-3H3. The van der Waals surface area contributed by atoms with E-state index in [1.807, 2.05) is 18.2 Å². The largest absolute Gasteiger partial charge is 0.399 e. The summed E-state index contributed by atoms with van der Waals surface area (Å²) in [5.41, 5.74) is 10.1. The summed E-state index contributed by atoms with van der Waals surface area (Å²) in [6.07, 6.45) is 0.974. The predicted octanol–water partition coefficient (Wildman–Crippen LogP) is 2.68. The lowest BCUT2D eigenvalue weighted by atomic mass is 10.2. The molecule has 0 amide bonds. The normalized spacial score (nSPS) is 10.7. The van der Waals surface area contributed by atoms with E-state index in [0.29, 0.717) is 0 Å². The molecule has 2 aromatic rings. The molecule has 0 aliphatic rings. The molecule has 0 bridgehead atoms. The van der Waals surface area contributed by atoms with Gasteiger partial charge in [0.25, 0.3) is 0 Å². The Hall–Kier alpha value is -1.97. The van der Waals surface area contributed by atoms with Crippen LogP contribution in [0, 0.1) is 0 Å². The predicted molar refractivity (Wildman–Crippen MR) is 80.2 cm³/mol. The van der Waals surface area contributed by atoms with E-state index in [9.17, 15) is 0 Å². The number of benzene rings is 1. The first-order valence-electron chi connectivity index (χ1n) is 6.76. The van der Waals surface area contributed by atoms with Crippen LogP contribution in [0.4, 0.5) is 11.4 Å². The average Bonchev–Trinajstić information content (AvgIpc) is 2.81. The summed E-state index contributed by atoms with van der Waals surface area (Å²) in [4.78, 5) is 2.19. The van der Waals surface area contributed by atoms with Crippen molar-refractivity contribution in [2.24, 2.45) is 0 Å². The Morgan fingerprint density at radius 2 is 2.05 bits per heavy atom. The van der Waals surface area contributed by atoms with Gasteiger partial charge < -0.3 is 10.6 Å². The molecule has 2 rings (SSSR count). The minimum atomic E-state index is 0.794. The lowest BCUT2D eigenvalue weighted by molar-refractivity contribution is 0.610. The van der Waals surface area contributed by atoms with Crippen LogP contribution in [0.2, 0.25) is 0 Å². The number of anilines is 2. The van der Waals surface area contributed by atoms with Gasteiger partial charge in [-0.15, -0.1) is 0 Å². The van der Waals surface area contributed by atoms with Crippen molar-refractivity contribution in [3.8, 4) is 0 Å². The van der Waals surface area contributed by atoms with Gasteiger partial charge in [0.1, 0.15) is 0 Å². The first kappa shape index (κ1) is 13.5. The highest BCUT2D eigenvalue weighted by Gasteiger charge is 2.09. The highest BCUT2D eigenvalue weighted by molar-refractivity contribution is 5.55. The molecule has 0 radical (unpaired) electrons. The van der Waals surface area contributed by atoms with Crippen LogP contribution in [0.25, 0.3) is 0 Å². The third kappa shape index (κ3) is 3.08. The van der Waals surface area contributed by atoms with Crippen LogP contribution in [-0.2, 0) is 19.5 Å². The van der Waals surface area contributed by atoms with Crippen molar-refractivity contribution in [2.45, 2.75) is 33.4 Å². The van der Waals surface area contributed by atoms with Crippen LogP contribution in [0.15, 0.2) is 30.3 Å². The summed E-state index contributed by atoms with van der Waals surface area (Å²) in [5.74, 6) is 0. The van der Waals surface area contributed by atoms with Gasteiger partial charge in [0.2, 0.25) is 0 Å². The van der Waals surface area contributed by atoms with Crippen molar-refractivity contribution in [2.75, 3.05) is 17.7 Å². The third-order valence-corrected chi connectivity index (χ3v) is 3.29. The van der Waals surface area contributed by atoms with Crippen molar-refractivity contribution in [3.05, 3.63) is 41.7 Å². The topological polar surface area (TPSA) is 47.1 Å². The molecule has 102 valence electrons. The zero-order valence-electron chi connectivity index (χ0n) is 11.9. The molecule has 1 heterocycles. The zero-order valence-corrected chi connectivity index (χ0v) is 11.9. The highest BCUT2D eigenvalue weighted by atomic mass is 15.3. The quantitative estimate of drug-likeness (QED) is 0.839. The van der Waals surface area contributed by atoms with Crippen LogP contribution >= 0.6 is 0 Å². The Morgan fingerprint density at radius 1 is 1.26 bits per heavy atom. The first-order valence-corrected chi connectivity index (χ1v) is 6.76. The summed E-state index contributed by atoms with van der Waals surface area (Å²) in [7, 11) is 2.08. The van der Waals surface area contributed by atoms with Gasteiger partial charge in [-0.05, 0) is 37.6 Å². The fraction of sp³-hybridized carbons (Fsp3) is 0.400. The van der Waals surface area contributed by atoms with E-state index in [0.717, 1.165) is 36.6 Å². The Morgan fingerprint density at radius 3 is 2.68 bits per heavy atom. The van der Waals surface area contributed by atoms with Gasteiger partial charge in [-0.25, -0.2) is 0 Å². The second-order valence-corrected chi connectivity index (χ2v) is 4.75. The van der Waals surface area contributed by atoms with Gasteiger partial charge >= 0.3 is 0 Å². The number of nitrogen functional groups attached to an aromatic ring is 1. The maximum absolute atomic E-state index is 5.83. The number of aromatic nitrogens is 2. The summed E-state index contributed by atoms with van der Waals surface area (Å²) in [6.45, 7) is 5.99. The van der Waals surface area contributed by atoms with Gasteiger partial charge in [0.15, 0.2) is 0 Å². The van der Waals surface area contributed by atoms with E-state index in [1.165, 1.54) is 5.69 Å². The summed E-state index contributed by atoms with van der Waals surface area (Å²) in [5, 5.41) is 4.58. The van der Waals surface area contributed by atoms with Crippen molar-refractivity contribution in [1.82, 2.24) is 9.78 Å². The molecular weight excluding hydrogens is 236 g/mol. The molecule has 0 aliphatic heterocycles. The average molecular weight is 258 g/mol. The molecule has 4 nitrogen and oxygen atoms in total.